The SMILES string of the molecule is O=c1cc[nH]c(NCCN2CCC(Cc3nc4ccccc4n3Cc3ccc(F)cc3)CC2)n1. The van der Waals surface area contributed by atoms with Gasteiger partial charge in [0.25, 0.3) is 5.56 Å². The zero-order valence-corrected chi connectivity index (χ0v) is 19.1. The van der Waals surface area contributed by atoms with Crippen LogP contribution in [0, 0.1) is 11.7 Å². The summed E-state index contributed by atoms with van der Waals surface area (Å²) in [5.74, 6) is 1.99. The third kappa shape index (κ3) is 5.34. The van der Waals surface area contributed by atoms with Gasteiger partial charge in [-0.3, -0.25) is 4.79 Å². The second-order valence-corrected chi connectivity index (χ2v) is 8.92. The van der Waals surface area contributed by atoms with E-state index < -0.39 is 0 Å². The molecule has 1 aliphatic heterocycles. The van der Waals surface area contributed by atoms with Crippen molar-refractivity contribution in [2.75, 3.05) is 31.5 Å². The number of para-hydroxylation sites is 2. The lowest BCUT2D eigenvalue weighted by molar-refractivity contribution is 0.188. The number of rotatable bonds is 8. The van der Waals surface area contributed by atoms with E-state index in [1.807, 2.05) is 24.3 Å². The molecule has 0 saturated carbocycles. The van der Waals surface area contributed by atoms with Crippen LogP contribution >= 0.6 is 0 Å². The minimum absolute atomic E-state index is 0.213. The van der Waals surface area contributed by atoms with Crippen LogP contribution in [0.4, 0.5) is 10.3 Å². The molecule has 0 spiro atoms. The highest BCUT2D eigenvalue weighted by molar-refractivity contribution is 5.76. The zero-order chi connectivity index (χ0) is 23.3. The molecule has 1 aliphatic rings. The van der Waals surface area contributed by atoms with Gasteiger partial charge in [-0.1, -0.05) is 24.3 Å². The van der Waals surface area contributed by atoms with Crippen molar-refractivity contribution in [1.29, 1.82) is 0 Å². The third-order valence-electron chi connectivity index (χ3n) is 6.55. The highest BCUT2D eigenvalue weighted by Gasteiger charge is 2.22. The van der Waals surface area contributed by atoms with E-state index in [-0.39, 0.29) is 11.4 Å². The van der Waals surface area contributed by atoms with Crippen LogP contribution < -0.4 is 10.9 Å². The molecule has 0 unspecified atom stereocenters. The first-order chi connectivity index (χ1) is 16.6. The number of likely N-dealkylation sites (tertiary alicyclic amines) is 1. The number of nitrogens with one attached hydrogen (secondary N) is 2. The summed E-state index contributed by atoms with van der Waals surface area (Å²) in [6.07, 6.45) is 4.80. The molecule has 176 valence electrons. The normalized spacial score (nSPS) is 15.1. The van der Waals surface area contributed by atoms with Crippen LogP contribution in [0.25, 0.3) is 11.0 Å². The first kappa shape index (κ1) is 22.3. The van der Waals surface area contributed by atoms with Crippen molar-refractivity contribution in [1.82, 2.24) is 24.4 Å². The molecule has 0 radical (unpaired) electrons. The number of hydrogen-bond acceptors (Lipinski definition) is 5. The largest absolute Gasteiger partial charge is 0.354 e. The van der Waals surface area contributed by atoms with Gasteiger partial charge in [0.1, 0.15) is 11.6 Å². The Kier molecular flexibility index (Phi) is 6.67. The molecule has 0 aliphatic carbocycles. The standard InChI is InChI=1S/C26H29FN6O/c27-21-7-5-20(6-8-21)18-33-23-4-2-1-3-22(23)30-24(33)17-19-10-14-32(15-11-19)16-13-29-26-28-12-9-25(34)31-26/h1-9,12,19H,10-11,13-18H2,(H2,28,29,31,34). The maximum absolute atomic E-state index is 13.4. The lowest BCUT2D eigenvalue weighted by Crippen LogP contribution is -2.37. The van der Waals surface area contributed by atoms with Crippen molar-refractivity contribution in [2.24, 2.45) is 5.92 Å². The monoisotopic (exact) mass is 460 g/mol. The fraction of sp³-hybridized carbons (Fsp3) is 0.346. The minimum Gasteiger partial charge on any atom is -0.354 e. The number of imidazole rings is 1. The van der Waals surface area contributed by atoms with Gasteiger partial charge in [-0.2, -0.15) is 4.98 Å². The fourth-order valence-electron chi connectivity index (χ4n) is 4.70. The fourth-order valence-corrected chi connectivity index (χ4v) is 4.70. The number of fused-ring (bicyclic) bond motifs is 1. The van der Waals surface area contributed by atoms with Crippen molar-refractivity contribution < 1.29 is 4.39 Å². The van der Waals surface area contributed by atoms with Crippen molar-refractivity contribution >= 4 is 17.0 Å². The molecule has 1 fully saturated rings. The van der Waals surface area contributed by atoms with Crippen molar-refractivity contribution in [3.8, 4) is 0 Å². The zero-order valence-electron chi connectivity index (χ0n) is 19.1. The number of aromatic amines is 1. The number of anilines is 1. The number of H-pyrrole nitrogens is 1. The van der Waals surface area contributed by atoms with Gasteiger partial charge in [-0.15, -0.1) is 0 Å². The molecule has 0 amide bonds. The molecule has 8 heteroatoms. The van der Waals surface area contributed by atoms with Gasteiger partial charge in [0.2, 0.25) is 5.95 Å². The maximum Gasteiger partial charge on any atom is 0.274 e. The van der Waals surface area contributed by atoms with E-state index in [0.717, 1.165) is 67.9 Å². The lowest BCUT2D eigenvalue weighted by atomic mass is 9.93. The van der Waals surface area contributed by atoms with Gasteiger partial charge >= 0.3 is 0 Å². The molecule has 0 bridgehead atoms. The Balaban J connectivity index is 1.19. The number of benzene rings is 2. The first-order valence-electron chi connectivity index (χ1n) is 11.8. The number of piperidine rings is 1. The van der Waals surface area contributed by atoms with Crippen LogP contribution in [-0.2, 0) is 13.0 Å². The van der Waals surface area contributed by atoms with Crippen LogP contribution in [0.5, 0.6) is 0 Å². The van der Waals surface area contributed by atoms with Crippen molar-refractivity contribution in [3.05, 3.63) is 88.4 Å². The molecule has 3 heterocycles. The highest BCUT2D eigenvalue weighted by atomic mass is 19.1. The molecule has 2 N–H and O–H groups in total. The topological polar surface area (TPSA) is 78.8 Å². The van der Waals surface area contributed by atoms with Gasteiger partial charge < -0.3 is 19.8 Å². The predicted molar refractivity (Wildman–Crippen MR) is 131 cm³/mol. The van der Waals surface area contributed by atoms with Gasteiger partial charge in [0.05, 0.1) is 11.0 Å². The van der Waals surface area contributed by atoms with E-state index in [9.17, 15) is 9.18 Å². The van der Waals surface area contributed by atoms with Crippen LogP contribution in [0.2, 0.25) is 0 Å². The van der Waals surface area contributed by atoms with Crippen LogP contribution in [0.3, 0.4) is 0 Å². The molecule has 2 aromatic carbocycles. The van der Waals surface area contributed by atoms with Gasteiger partial charge in [-0.05, 0) is 61.7 Å². The molecule has 2 aromatic heterocycles. The number of aromatic nitrogens is 4. The number of nitrogens with zero attached hydrogens (tertiary/aromatic N) is 4. The summed E-state index contributed by atoms with van der Waals surface area (Å²) in [6.45, 7) is 4.43. The van der Waals surface area contributed by atoms with Crippen LogP contribution in [-0.4, -0.2) is 50.6 Å². The molecular weight excluding hydrogens is 431 g/mol. The van der Waals surface area contributed by atoms with Gasteiger partial charge in [0, 0.05) is 38.3 Å². The second-order valence-electron chi connectivity index (χ2n) is 8.92. The van der Waals surface area contributed by atoms with Gasteiger partial charge in [-0.25, -0.2) is 9.37 Å². The second kappa shape index (κ2) is 10.2. The van der Waals surface area contributed by atoms with Crippen molar-refractivity contribution in [3.63, 3.8) is 0 Å². The first-order valence-corrected chi connectivity index (χ1v) is 11.8. The van der Waals surface area contributed by atoms with E-state index in [0.29, 0.717) is 18.4 Å². The summed E-state index contributed by atoms with van der Waals surface area (Å²) in [6, 6.07) is 16.4. The Hall–Kier alpha value is -3.52. The molecule has 5 rings (SSSR count). The summed E-state index contributed by atoms with van der Waals surface area (Å²) in [4.78, 5) is 25.6. The summed E-state index contributed by atoms with van der Waals surface area (Å²) in [5.41, 5.74) is 2.96. The molecule has 1 saturated heterocycles. The predicted octanol–water partition coefficient (Wildman–Crippen LogP) is 3.67. The number of halogens is 1. The summed E-state index contributed by atoms with van der Waals surface area (Å²) >= 11 is 0. The van der Waals surface area contributed by atoms with E-state index in [2.05, 4.69) is 36.9 Å². The molecular formula is C26H29FN6O. The molecule has 34 heavy (non-hydrogen) atoms. The Bertz CT molecular complexity index is 1290. The van der Waals surface area contributed by atoms with Crippen molar-refractivity contribution in [2.45, 2.75) is 25.8 Å². The van der Waals surface area contributed by atoms with E-state index in [1.54, 1.807) is 6.20 Å². The average Bonchev–Trinajstić information content (AvgIpc) is 3.18. The average molecular weight is 461 g/mol. The quantitative estimate of drug-likeness (QED) is 0.420. The Morgan fingerprint density at radius 2 is 1.82 bits per heavy atom. The summed E-state index contributed by atoms with van der Waals surface area (Å²) in [7, 11) is 0. The minimum atomic E-state index is -0.243. The van der Waals surface area contributed by atoms with E-state index in [4.69, 9.17) is 4.98 Å². The molecule has 7 nitrogen and oxygen atoms in total. The number of hydrogen-bond donors (Lipinski definition) is 2. The van der Waals surface area contributed by atoms with Crippen LogP contribution in [0.1, 0.15) is 24.2 Å². The Morgan fingerprint density at radius 3 is 2.62 bits per heavy atom. The Morgan fingerprint density at radius 1 is 1.03 bits per heavy atom. The van der Waals surface area contributed by atoms with Crippen LogP contribution in [0.15, 0.2) is 65.6 Å². The van der Waals surface area contributed by atoms with Gasteiger partial charge in [0.15, 0.2) is 0 Å². The lowest BCUT2D eigenvalue weighted by Gasteiger charge is -2.32. The van der Waals surface area contributed by atoms with E-state index >= 15 is 0 Å². The molecule has 4 aromatic rings. The summed E-state index contributed by atoms with van der Waals surface area (Å²) in [5, 5.41) is 3.19. The maximum atomic E-state index is 13.4. The third-order valence-corrected chi connectivity index (χ3v) is 6.55. The Labute approximate surface area is 197 Å². The summed E-state index contributed by atoms with van der Waals surface area (Å²) < 4.78 is 15.7. The smallest absolute Gasteiger partial charge is 0.274 e. The van der Waals surface area contributed by atoms with E-state index in [1.165, 1.54) is 18.2 Å². The highest BCUT2D eigenvalue weighted by Crippen LogP contribution is 2.25. The molecule has 0 atom stereocenters.